The predicted octanol–water partition coefficient (Wildman–Crippen LogP) is 3.22. The van der Waals surface area contributed by atoms with Crippen LogP contribution < -0.4 is 5.32 Å². The Morgan fingerprint density at radius 3 is 2.86 bits per heavy atom. The molecule has 0 radical (unpaired) electrons. The second-order valence-corrected chi connectivity index (χ2v) is 7.68. The van der Waals surface area contributed by atoms with Gasteiger partial charge >= 0.3 is 6.03 Å². The van der Waals surface area contributed by atoms with Gasteiger partial charge in [-0.15, -0.1) is 0 Å². The fourth-order valence-electron chi connectivity index (χ4n) is 4.75. The molecule has 0 aromatic rings. The van der Waals surface area contributed by atoms with E-state index in [0.717, 1.165) is 13.1 Å². The number of hydrogen-bond acceptors (Lipinski definition) is 2. The van der Waals surface area contributed by atoms with Crippen molar-refractivity contribution in [2.24, 2.45) is 5.92 Å². The molecule has 0 bridgehead atoms. The van der Waals surface area contributed by atoms with Crippen molar-refractivity contribution in [1.29, 1.82) is 0 Å². The number of amides is 2. The van der Waals surface area contributed by atoms with Crippen LogP contribution in [0.1, 0.15) is 65.2 Å². The quantitative estimate of drug-likeness (QED) is 0.865. The Kier molecular flexibility index (Phi) is 5.27. The van der Waals surface area contributed by atoms with Crippen LogP contribution in [0.2, 0.25) is 0 Å². The maximum Gasteiger partial charge on any atom is 0.317 e. The molecule has 3 fully saturated rings. The van der Waals surface area contributed by atoms with Crippen molar-refractivity contribution < 1.29 is 4.79 Å². The molecule has 126 valence electrons. The average Bonchev–Trinajstić information content (AvgIpc) is 3.12. The Balaban J connectivity index is 1.54. The number of rotatable bonds is 4. The van der Waals surface area contributed by atoms with Gasteiger partial charge in [-0.3, -0.25) is 4.90 Å². The molecular weight excluding hydrogens is 274 g/mol. The Labute approximate surface area is 135 Å². The highest BCUT2D eigenvalue weighted by atomic mass is 16.2. The van der Waals surface area contributed by atoms with Crippen molar-refractivity contribution in [1.82, 2.24) is 15.1 Å². The van der Waals surface area contributed by atoms with Crippen LogP contribution in [0, 0.1) is 5.92 Å². The van der Waals surface area contributed by atoms with E-state index in [1.54, 1.807) is 0 Å². The van der Waals surface area contributed by atoms with Gasteiger partial charge in [0.25, 0.3) is 0 Å². The SMILES string of the molecule is CCCC[C@@H]1CCC[C@@H]1NC(=O)N1C[C@H]2CCCN2C[C@@H]1C. The van der Waals surface area contributed by atoms with Gasteiger partial charge in [0.15, 0.2) is 0 Å². The molecule has 0 spiro atoms. The molecule has 22 heavy (non-hydrogen) atoms. The highest BCUT2D eigenvalue weighted by Crippen LogP contribution is 2.30. The van der Waals surface area contributed by atoms with Gasteiger partial charge in [-0.25, -0.2) is 4.79 Å². The molecular formula is C18H33N3O. The summed E-state index contributed by atoms with van der Waals surface area (Å²) >= 11 is 0. The van der Waals surface area contributed by atoms with E-state index in [-0.39, 0.29) is 6.03 Å². The summed E-state index contributed by atoms with van der Waals surface area (Å²) in [4.78, 5) is 17.5. The van der Waals surface area contributed by atoms with E-state index in [4.69, 9.17) is 0 Å². The van der Waals surface area contributed by atoms with E-state index >= 15 is 0 Å². The molecule has 1 aliphatic carbocycles. The van der Waals surface area contributed by atoms with E-state index < -0.39 is 0 Å². The van der Waals surface area contributed by atoms with Crippen LogP contribution in [0.15, 0.2) is 0 Å². The summed E-state index contributed by atoms with van der Waals surface area (Å²) in [7, 11) is 0. The molecule has 0 unspecified atom stereocenters. The average molecular weight is 307 g/mol. The fourth-order valence-corrected chi connectivity index (χ4v) is 4.75. The molecule has 2 heterocycles. The normalized spacial score (nSPS) is 35.6. The number of fused-ring (bicyclic) bond motifs is 1. The fraction of sp³-hybridized carbons (Fsp3) is 0.944. The van der Waals surface area contributed by atoms with E-state index in [9.17, 15) is 4.79 Å². The number of urea groups is 1. The highest BCUT2D eigenvalue weighted by molar-refractivity contribution is 5.75. The van der Waals surface area contributed by atoms with Crippen LogP contribution in [0.3, 0.4) is 0 Å². The predicted molar refractivity (Wildman–Crippen MR) is 89.9 cm³/mol. The van der Waals surface area contributed by atoms with Crippen LogP contribution in [-0.2, 0) is 0 Å². The minimum Gasteiger partial charge on any atom is -0.335 e. The summed E-state index contributed by atoms with van der Waals surface area (Å²) in [6.07, 6.45) is 10.2. The van der Waals surface area contributed by atoms with Crippen molar-refractivity contribution in [3.8, 4) is 0 Å². The molecule has 3 rings (SSSR count). The third kappa shape index (κ3) is 3.42. The smallest absolute Gasteiger partial charge is 0.317 e. The van der Waals surface area contributed by atoms with Crippen LogP contribution in [0.4, 0.5) is 4.79 Å². The lowest BCUT2D eigenvalue weighted by molar-refractivity contribution is 0.0782. The number of carbonyl (C=O) groups is 1. The summed E-state index contributed by atoms with van der Waals surface area (Å²) in [6.45, 7) is 7.68. The molecule has 3 aliphatic rings. The summed E-state index contributed by atoms with van der Waals surface area (Å²) in [5.41, 5.74) is 0. The number of hydrogen-bond donors (Lipinski definition) is 1. The number of unbranched alkanes of at least 4 members (excludes halogenated alkanes) is 1. The zero-order valence-corrected chi connectivity index (χ0v) is 14.4. The van der Waals surface area contributed by atoms with E-state index in [0.29, 0.717) is 24.0 Å². The maximum atomic E-state index is 12.8. The Hall–Kier alpha value is -0.770. The monoisotopic (exact) mass is 307 g/mol. The zero-order valence-electron chi connectivity index (χ0n) is 14.4. The first-order valence-corrected chi connectivity index (χ1v) is 9.50. The summed E-state index contributed by atoms with van der Waals surface area (Å²) < 4.78 is 0. The topological polar surface area (TPSA) is 35.6 Å². The number of nitrogens with zero attached hydrogens (tertiary/aromatic N) is 2. The van der Waals surface area contributed by atoms with Gasteiger partial charge in [-0.1, -0.05) is 26.2 Å². The van der Waals surface area contributed by atoms with Gasteiger partial charge in [-0.2, -0.15) is 0 Å². The van der Waals surface area contributed by atoms with Gasteiger partial charge in [0, 0.05) is 31.2 Å². The minimum atomic E-state index is 0.201. The third-order valence-electron chi connectivity index (χ3n) is 6.09. The van der Waals surface area contributed by atoms with E-state index in [1.165, 1.54) is 57.9 Å². The lowest BCUT2D eigenvalue weighted by Crippen LogP contribution is -2.60. The minimum absolute atomic E-state index is 0.201. The maximum absolute atomic E-state index is 12.8. The number of nitrogens with one attached hydrogen (secondary N) is 1. The first-order valence-electron chi connectivity index (χ1n) is 9.50. The van der Waals surface area contributed by atoms with Crippen molar-refractivity contribution in [3.05, 3.63) is 0 Å². The second-order valence-electron chi connectivity index (χ2n) is 7.68. The number of piperazine rings is 1. The van der Waals surface area contributed by atoms with Crippen LogP contribution in [0.5, 0.6) is 0 Å². The van der Waals surface area contributed by atoms with E-state index in [2.05, 4.69) is 29.0 Å². The lowest BCUT2D eigenvalue weighted by Gasteiger charge is -2.42. The summed E-state index contributed by atoms with van der Waals surface area (Å²) in [5, 5.41) is 3.39. The van der Waals surface area contributed by atoms with Gasteiger partial charge in [0.1, 0.15) is 0 Å². The van der Waals surface area contributed by atoms with Crippen LogP contribution in [0.25, 0.3) is 0 Å². The first kappa shape index (κ1) is 16.1. The molecule has 1 saturated carbocycles. The molecule has 1 N–H and O–H groups in total. The van der Waals surface area contributed by atoms with Crippen molar-refractivity contribution in [3.63, 3.8) is 0 Å². The Bertz CT molecular complexity index is 387. The van der Waals surface area contributed by atoms with Gasteiger partial charge in [0.2, 0.25) is 0 Å². The first-order chi connectivity index (χ1) is 10.7. The van der Waals surface area contributed by atoms with Gasteiger partial charge in [0.05, 0.1) is 0 Å². The summed E-state index contributed by atoms with van der Waals surface area (Å²) in [6, 6.07) is 1.59. The lowest BCUT2D eigenvalue weighted by atomic mass is 9.97. The molecule has 2 aliphatic heterocycles. The molecule has 4 atom stereocenters. The van der Waals surface area contributed by atoms with Crippen LogP contribution >= 0.6 is 0 Å². The van der Waals surface area contributed by atoms with Gasteiger partial charge in [-0.05, 0) is 51.5 Å². The molecule has 4 heteroatoms. The molecule has 2 amide bonds. The standard InChI is InChI=1S/C18H33N3O/c1-3-4-7-15-8-5-10-17(15)19-18(22)21-13-16-9-6-11-20(16)12-14(21)2/h14-17H,3-13H2,1-2H3,(H,19,22)/t14-,15+,16+,17-/m0/s1. The van der Waals surface area contributed by atoms with Crippen molar-refractivity contribution >= 4 is 6.03 Å². The molecule has 0 aromatic carbocycles. The molecule has 0 aromatic heterocycles. The largest absolute Gasteiger partial charge is 0.335 e. The van der Waals surface area contributed by atoms with Crippen LogP contribution in [-0.4, -0.2) is 53.6 Å². The summed E-state index contributed by atoms with van der Waals surface area (Å²) in [5.74, 6) is 0.715. The molecule has 2 saturated heterocycles. The zero-order chi connectivity index (χ0) is 15.5. The molecule has 4 nitrogen and oxygen atoms in total. The third-order valence-corrected chi connectivity index (χ3v) is 6.09. The van der Waals surface area contributed by atoms with Gasteiger partial charge < -0.3 is 10.2 Å². The highest BCUT2D eigenvalue weighted by Gasteiger charge is 2.37. The van der Waals surface area contributed by atoms with Crippen molar-refractivity contribution in [2.45, 2.75) is 83.3 Å². The number of carbonyl (C=O) groups excluding carboxylic acids is 1. The second kappa shape index (κ2) is 7.20. The van der Waals surface area contributed by atoms with E-state index in [1.807, 2.05) is 0 Å². The van der Waals surface area contributed by atoms with Crippen molar-refractivity contribution in [2.75, 3.05) is 19.6 Å². The Morgan fingerprint density at radius 2 is 2.05 bits per heavy atom. The Morgan fingerprint density at radius 1 is 1.18 bits per heavy atom.